The molecule has 0 saturated heterocycles. The second-order valence-corrected chi connectivity index (χ2v) is 6.30. The number of allylic oxidation sites excluding steroid dienone is 2. The molecule has 0 atom stereocenters. The summed E-state index contributed by atoms with van der Waals surface area (Å²) in [6.45, 7) is 10.7. The third-order valence-electron chi connectivity index (χ3n) is 3.47. The van der Waals surface area contributed by atoms with Crippen molar-refractivity contribution in [1.29, 1.82) is 0 Å². The molecule has 2 heteroatoms. The number of hydrogen-bond acceptors (Lipinski definition) is 2. The summed E-state index contributed by atoms with van der Waals surface area (Å²) < 4.78 is 5.57. The first-order valence-electron chi connectivity index (χ1n) is 8.33. The van der Waals surface area contributed by atoms with E-state index < -0.39 is 0 Å². The van der Waals surface area contributed by atoms with Crippen LogP contribution in [0.2, 0.25) is 0 Å². The minimum Gasteiger partial charge on any atom is -0.462 e. The Morgan fingerprint density at radius 1 is 0.950 bits per heavy atom. The van der Waals surface area contributed by atoms with Gasteiger partial charge in [0.1, 0.15) is 6.10 Å². The van der Waals surface area contributed by atoms with Crippen LogP contribution in [0.15, 0.2) is 12.2 Å². The first kappa shape index (κ1) is 19.2. The van der Waals surface area contributed by atoms with Gasteiger partial charge in [-0.1, -0.05) is 59.6 Å². The molecule has 0 aliphatic carbocycles. The molecule has 0 aliphatic rings. The van der Waals surface area contributed by atoms with E-state index in [1.807, 2.05) is 0 Å². The van der Waals surface area contributed by atoms with Gasteiger partial charge in [0.2, 0.25) is 0 Å². The molecule has 118 valence electrons. The van der Waals surface area contributed by atoms with Gasteiger partial charge in [-0.05, 0) is 37.5 Å². The minimum absolute atomic E-state index is 0.0446. The van der Waals surface area contributed by atoms with Crippen molar-refractivity contribution < 1.29 is 9.53 Å². The molecular formula is C18H34O2. The highest BCUT2D eigenvalue weighted by atomic mass is 16.5. The van der Waals surface area contributed by atoms with Crippen LogP contribution < -0.4 is 0 Å². The van der Waals surface area contributed by atoms with Crippen LogP contribution in [0.5, 0.6) is 0 Å². The standard InChI is InChI=1S/C18H34O2/c1-6-7-8-9-10-11-12-13-14-17(19)20-18(15(2)3)16(4)5/h10-11,15-16,18H,6-9,12-14H2,1-5H3/b11-10+. The maximum absolute atomic E-state index is 11.8. The van der Waals surface area contributed by atoms with Gasteiger partial charge in [-0.2, -0.15) is 0 Å². The summed E-state index contributed by atoms with van der Waals surface area (Å²) in [4.78, 5) is 11.8. The molecule has 0 heterocycles. The molecule has 0 rings (SSSR count). The zero-order valence-corrected chi connectivity index (χ0v) is 14.2. The summed E-state index contributed by atoms with van der Waals surface area (Å²) in [5.74, 6) is 0.728. The lowest BCUT2D eigenvalue weighted by Gasteiger charge is -2.24. The number of rotatable bonds is 11. The van der Waals surface area contributed by atoms with Crippen LogP contribution in [0, 0.1) is 11.8 Å². The number of unbranched alkanes of at least 4 members (excludes halogenated alkanes) is 4. The van der Waals surface area contributed by atoms with Crippen molar-refractivity contribution in [2.24, 2.45) is 11.8 Å². The molecule has 0 radical (unpaired) electrons. The van der Waals surface area contributed by atoms with E-state index in [1.54, 1.807) is 0 Å². The monoisotopic (exact) mass is 282 g/mol. The van der Waals surface area contributed by atoms with Gasteiger partial charge < -0.3 is 4.74 Å². The summed E-state index contributed by atoms with van der Waals surface area (Å²) in [7, 11) is 0. The van der Waals surface area contributed by atoms with Crippen molar-refractivity contribution in [3.05, 3.63) is 12.2 Å². The van der Waals surface area contributed by atoms with Gasteiger partial charge in [-0.3, -0.25) is 4.79 Å². The number of carbonyl (C=O) groups excluding carboxylic acids is 1. The van der Waals surface area contributed by atoms with E-state index in [9.17, 15) is 4.79 Å². The van der Waals surface area contributed by atoms with Crippen molar-refractivity contribution in [3.8, 4) is 0 Å². The van der Waals surface area contributed by atoms with Gasteiger partial charge >= 0.3 is 5.97 Å². The normalized spacial score (nSPS) is 12.0. The molecule has 0 aromatic carbocycles. The van der Waals surface area contributed by atoms with E-state index in [2.05, 4.69) is 46.8 Å². The van der Waals surface area contributed by atoms with E-state index in [1.165, 1.54) is 25.7 Å². The maximum Gasteiger partial charge on any atom is 0.306 e. The lowest BCUT2D eigenvalue weighted by atomic mass is 9.96. The fourth-order valence-electron chi connectivity index (χ4n) is 2.36. The largest absolute Gasteiger partial charge is 0.462 e. The van der Waals surface area contributed by atoms with Crippen molar-refractivity contribution in [2.45, 2.75) is 85.7 Å². The Kier molecular flexibility index (Phi) is 11.5. The van der Waals surface area contributed by atoms with Gasteiger partial charge in [0, 0.05) is 6.42 Å². The number of carbonyl (C=O) groups is 1. The Hall–Kier alpha value is -0.790. The Labute approximate surface area is 126 Å². The van der Waals surface area contributed by atoms with Gasteiger partial charge in [0.15, 0.2) is 0 Å². The van der Waals surface area contributed by atoms with Gasteiger partial charge in [-0.15, -0.1) is 0 Å². The SMILES string of the molecule is CCCCC/C=C/CCCC(=O)OC(C(C)C)C(C)C. The Morgan fingerprint density at radius 2 is 1.50 bits per heavy atom. The second kappa shape index (κ2) is 12.0. The topological polar surface area (TPSA) is 26.3 Å². The van der Waals surface area contributed by atoms with Crippen LogP contribution in [-0.2, 0) is 9.53 Å². The lowest BCUT2D eigenvalue weighted by Crippen LogP contribution is -2.28. The van der Waals surface area contributed by atoms with E-state index in [-0.39, 0.29) is 12.1 Å². The molecule has 0 amide bonds. The molecule has 20 heavy (non-hydrogen) atoms. The van der Waals surface area contributed by atoms with Gasteiger partial charge in [-0.25, -0.2) is 0 Å². The first-order chi connectivity index (χ1) is 9.49. The lowest BCUT2D eigenvalue weighted by molar-refractivity contribution is -0.154. The number of esters is 1. The molecule has 0 aromatic rings. The molecule has 0 aromatic heterocycles. The third-order valence-corrected chi connectivity index (χ3v) is 3.47. The Balaban J connectivity index is 3.72. The van der Waals surface area contributed by atoms with Crippen molar-refractivity contribution >= 4 is 5.97 Å². The van der Waals surface area contributed by atoms with Crippen molar-refractivity contribution in [2.75, 3.05) is 0 Å². The fourth-order valence-corrected chi connectivity index (χ4v) is 2.36. The average molecular weight is 282 g/mol. The van der Waals surface area contributed by atoms with E-state index in [0.717, 1.165) is 12.8 Å². The predicted octanol–water partition coefficient (Wildman–Crippen LogP) is 5.52. The first-order valence-corrected chi connectivity index (χ1v) is 8.33. The summed E-state index contributed by atoms with van der Waals surface area (Å²) in [5.41, 5.74) is 0. The van der Waals surface area contributed by atoms with Crippen LogP contribution >= 0.6 is 0 Å². The zero-order chi connectivity index (χ0) is 15.4. The van der Waals surface area contributed by atoms with Gasteiger partial charge in [0.25, 0.3) is 0 Å². The molecular weight excluding hydrogens is 248 g/mol. The van der Waals surface area contributed by atoms with Crippen LogP contribution in [0.25, 0.3) is 0 Å². The highest BCUT2D eigenvalue weighted by Crippen LogP contribution is 2.17. The van der Waals surface area contributed by atoms with E-state index in [0.29, 0.717) is 18.3 Å². The molecule has 0 fully saturated rings. The van der Waals surface area contributed by atoms with E-state index >= 15 is 0 Å². The average Bonchev–Trinajstić information content (AvgIpc) is 2.38. The van der Waals surface area contributed by atoms with Crippen molar-refractivity contribution in [3.63, 3.8) is 0 Å². The zero-order valence-electron chi connectivity index (χ0n) is 14.2. The van der Waals surface area contributed by atoms with Gasteiger partial charge in [0.05, 0.1) is 0 Å². The van der Waals surface area contributed by atoms with Crippen LogP contribution in [-0.4, -0.2) is 12.1 Å². The molecule has 0 N–H and O–H groups in total. The summed E-state index contributed by atoms with van der Waals surface area (Å²) >= 11 is 0. The summed E-state index contributed by atoms with van der Waals surface area (Å²) in [5, 5.41) is 0. The Bertz CT molecular complexity index is 259. The number of hydrogen-bond donors (Lipinski definition) is 0. The van der Waals surface area contributed by atoms with Crippen LogP contribution in [0.4, 0.5) is 0 Å². The smallest absolute Gasteiger partial charge is 0.306 e. The quantitative estimate of drug-likeness (QED) is 0.283. The fraction of sp³-hybridized carbons (Fsp3) is 0.833. The summed E-state index contributed by atoms with van der Waals surface area (Å²) in [6, 6.07) is 0. The molecule has 0 spiro atoms. The predicted molar refractivity (Wildman–Crippen MR) is 86.7 cm³/mol. The number of ether oxygens (including phenoxy) is 1. The molecule has 0 saturated carbocycles. The molecule has 0 unspecified atom stereocenters. The molecule has 0 bridgehead atoms. The second-order valence-electron chi connectivity index (χ2n) is 6.30. The summed E-state index contributed by atoms with van der Waals surface area (Å²) in [6.07, 6.45) is 11.9. The minimum atomic E-state index is -0.0446. The maximum atomic E-state index is 11.8. The van der Waals surface area contributed by atoms with Crippen molar-refractivity contribution in [1.82, 2.24) is 0 Å². The highest BCUT2D eigenvalue weighted by Gasteiger charge is 2.21. The highest BCUT2D eigenvalue weighted by molar-refractivity contribution is 5.69. The molecule has 0 aliphatic heterocycles. The van der Waals surface area contributed by atoms with E-state index in [4.69, 9.17) is 4.74 Å². The Morgan fingerprint density at radius 3 is 2.00 bits per heavy atom. The van der Waals surface area contributed by atoms with Crippen LogP contribution in [0.1, 0.15) is 79.6 Å². The third kappa shape index (κ3) is 10.1. The van der Waals surface area contributed by atoms with Crippen LogP contribution in [0.3, 0.4) is 0 Å². The molecule has 2 nitrogen and oxygen atoms in total.